The fraction of sp³-hybridized carbons (Fsp3) is 0.258. The Labute approximate surface area is 265 Å². The van der Waals surface area contributed by atoms with E-state index >= 15 is 0 Å². The molecular formula is C31H31N3O6S4. The van der Waals surface area contributed by atoms with E-state index in [-0.39, 0.29) is 12.2 Å². The third kappa shape index (κ3) is 6.64. The molecule has 1 aliphatic heterocycles. The number of thiazole rings is 1. The largest absolute Gasteiger partial charge is 0.748 e. The van der Waals surface area contributed by atoms with Gasteiger partial charge in [-0.1, -0.05) is 84.6 Å². The molecule has 0 radical (unpaired) electrons. The lowest BCUT2D eigenvalue weighted by Gasteiger charge is -2.21. The second-order valence-corrected chi connectivity index (χ2v) is 15.7. The molecule has 44 heavy (non-hydrogen) atoms. The second-order valence-electron chi connectivity index (χ2n) is 10.4. The van der Waals surface area contributed by atoms with E-state index in [2.05, 4.69) is 63.5 Å². The lowest BCUT2D eigenvalue weighted by Crippen LogP contribution is -2.36. The van der Waals surface area contributed by atoms with Gasteiger partial charge in [0.15, 0.2) is 6.54 Å². The molecule has 0 fully saturated rings. The molecule has 0 spiro atoms. The van der Waals surface area contributed by atoms with Gasteiger partial charge in [-0.3, -0.25) is 0 Å². The van der Waals surface area contributed by atoms with Crippen LogP contribution in [0.2, 0.25) is 0 Å². The molecule has 1 aromatic heterocycles. The second kappa shape index (κ2) is 12.8. The van der Waals surface area contributed by atoms with Crippen molar-refractivity contribution < 1.29 is 30.2 Å². The number of benzene rings is 4. The fourth-order valence-electron chi connectivity index (χ4n) is 5.50. The number of nitrogens with one attached hydrogen (secondary N) is 1. The van der Waals surface area contributed by atoms with Crippen molar-refractivity contribution in [1.29, 1.82) is 0 Å². The Morgan fingerprint density at radius 1 is 0.909 bits per heavy atom. The first-order chi connectivity index (χ1) is 21.1. The molecule has 9 nitrogen and oxygen atoms in total. The highest BCUT2D eigenvalue weighted by molar-refractivity contribution is 8.04. The topological polar surface area (TPSA) is 120 Å². The van der Waals surface area contributed by atoms with Crippen LogP contribution in [0, 0.1) is 0 Å². The number of hydroxylamine groups is 1. The molecule has 5 aromatic rings. The average molecular weight is 670 g/mol. The maximum absolute atomic E-state index is 12.4. The van der Waals surface area contributed by atoms with Gasteiger partial charge in [-0.2, -0.15) is 22.7 Å². The van der Waals surface area contributed by atoms with Gasteiger partial charge >= 0.3 is 0 Å². The van der Waals surface area contributed by atoms with Crippen molar-refractivity contribution in [3.63, 3.8) is 0 Å². The molecule has 2 heterocycles. The summed E-state index contributed by atoms with van der Waals surface area (Å²) in [5, 5.41) is 6.12. The molecule has 230 valence electrons. The quantitative estimate of drug-likeness (QED) is 0.103. The minimum Gasteiger partial charge on any atom is -0.748 e. The van der Waals surface area contributed by atoms with E-state index in [0.29, 0.717) is 26.1 Å². The van der Waals surface area contributed by atoms with Crippen molar-refractivity contribution in [2.75, 3.05) is 29.5 Å². The number of nitrogens with zero attached hydrogens (tertiary/aromatic N) is 2. The molecule has 13 heteroatoms. The maximum Gasteiger partial charge on any atom is 0.283 e. The number of aryl methyl sites for hydroxylation is 1. The number of hydrogen-bond acceptors (Lipinski definition) is 10. The molecule has 0 saturated heterocycles. The first-order valence-corrected chi connectivity index (χ1v) is 19.0. The normalized spacial score (nSPS) is 14.8. The van der Waals surface area contributed by atoms with Crippen LogP contribution in [0.25, 0.3) is 37.8 Å². The number of fused-ring (bicyclic) bond motifs is 6. The number of rotatable bonds is 12. The lowest BCUT2D eigenvalue weighted by molar-refractivity contribution is -0.667. The van der Waals surface area contributed by atoms with Gasteiger partial charge < -0.3 is 9.45 Å². The van der Waals surface area contributed by atoms with E-state index in [9.17, 15) is 21.4 Å². The summed E-state index contributed by atoms with van der Waals surface area (Å²) in [7, 11) is -8.09. The summed E-state index contributed by atoms with van der Waals surface area (Å²) in [6.07, 6.45) is 2.62. The molecule has 4 aromatic carbocycles. The highest BCUT2D eigenvalue weighted by Crippen LogP contribution is 2.50. The summed E-state index contributed by atoms with van der Waals surface area (Å²) >= 11 is 3.22. The number of anilines is 1. The van der Waals surface area contributed by atoms with Crippen molar-refractivity contribution >= 4 is 86.9 Å². The Hall–Kier alpha value is -3.04. The molecule has 0 amide bonds. The van der Waals surface area contributed by atoms with E-state index in [4.69, 9.17) is 4.28 Å². The Morgan fingerprint density at radius 2 is 1.61 bits per heavy atom. The van der Waals surface area contributed by atoms with Crippen LogP contribution in [0.15, 0.2) is 82.7 Å². The van der Waals surface area contributed by atoms with Crippen molar-refractivity contribution in [2.24, 2.45) is 0 Å². The van der Waals surface area contributed by atoms with Crippen molar-refractivity contribution in [3.05, 3.63) is 82.8 Å². The fourth-order valence-corrected chi connectivity index (χ4v) is 9.21. The highest BCUT2D eigenvalue weighted by atomic mass is 32.2. The zero-order chi connectivity index (χ0) is 30.9. The van der Waals surface area contributed by atoms with Gasteiger partial charge in [-0.15, -0.1) is 0 Å². The summed E-state index contributed by atoms with van der Waals surface area (Å²) in [6.45, 7) is 2.93. The number of hydrogen-bond donors (Lipinski definition) is 1. The Morgan fingerprint density at radius 3 is 2.36 bits per heavy atom. The van der Waals surface area contributed by atoms with Crippen molar-refractivity contribution in [1.82, 2.24) is 5.48 Å². The minimum atomic E-state index is -4.35. The monoisotopic (exact) mass is 669 g/mol. The van der Waals surface area contributed by atoms with Gasteiger partial charge in [0.1, 0.15) is 4.70 Å². The molecule has 0 saturated carbocycles. The smallest absolute Gasteiger partial charge is 0.283 e. The molecule has 1 N–H and O–H groups in total. The molecule has 0 aliphatic carbocycles. The highest BCUT2D eigenvalue weighted by Gasteiger charge is 2.30. The third-order valence-corrected chi connectivity index (χ3v) is 11.5. The van der Waals surface area contributed by atoms with Gasteiger partial charge in [0.25, 0.3) is 15.1 Å². The van der Waals surface area contributed by atoms with Gasteiger partial charge in [0.05, 0.1) is 38.0 Å². The van der Waals surface area contributed by atoms with Crippen LogP contribution in [0.1, 0.15) is 24.8 Å². The Balaban J connectivity index is 1.44. The van der Waals surface area contributed by atoms with Gasteiger partial charge in [0.2, 0.25) is 5.52 Å². The first-order valence-electron chi connectivity index (χ1n) is 14.2. The predicted octanol–water partition coefficient (Wildman–Crippen LogP) is 5.60. The Kier molecular flexibility index (Phi) is 8.98. The Bertz CT molecular complexity index is 2110. The number of thioether (sulfide) groups is 1. The van der Waals surface area contributed by atoms with E-state index in [1.165, 1.54) is 0 Å². The maximum atomic E-state index is 12.4. The summed E-state index contributed by atoms with van der Waals surface area (Å²) in [5.74, 6) is -0.590. The van der Waals surface area contributed by atoms with Crippen LogP contribution < -0.4 is 14.9 Å². The van der Waals surface area contributed by atoms with E-state index < -0.39 is 26.0 Å². The molecule has 0 bridgehead atoms. The first kappa shape index (κ1) is 31.0. The predicted molar refractivity (Wildman–Crippen MR) is 177 cm³/mol. The van der Waals surface area contributed by atoms with Crippen LogP contribution in [-0.2, 0) is 31.1 Å². The standard InChI is InChI=1S/C31H31N3O6S4/c1-2-32-40-44(38,39)20-8-18-34-29(42-27-16-14-23-10-4-6-12-25(23)31(27)34)21-28-33(17-7-19-43(35,36)37)30-24-11-5-3-9-22(24)13-15-26(30)41-28/h3-6,9-16,21,32H,2,7-8,17-20H2,1H3. The average Bonchev–Trinajstić information content (AvgIpc) is 3.53. The third-order valence-electron chi connectivity index (χ3n) is 7.36. The van der Waals surface area contributed by atoms with Crippen LogP contribution in [0.4, 0.5) is 5.69 Å². The zero-order valence-electron chi connectivity index (χ0n) is 23.9. The lowest BCUT2D eigenvalue weighted by atomic mass is 10.1. The molecular weight excluding hydrogens is 639 g/mol. The van der Waals surface area contributed by atoms with Crippen molar-refractivity contribution in [2.45, 2.75) is 31.2 Å². The van der Waals surface area contributed by atoms with Crippen LogP contribution in [0.5, 0.6) is 0 Å². The summed E-state index contributed by atoms with van der Waals surface area (Å²) in [4.78, 5) is 3.23. The summed E-state index contributed by atoms with van der Waals surface area (Å²) in [6, 6.07) is 24.5. The van der Waals surface area contributed by atoms with Crippen LogP contribution in [-0.4, -0.2) is 46.0 Å². The SMILES string of the molecule is CCNOS(=O)(=O)CCCN1C(=Cc2sc3ccc4ccccc4c3[n+]2CCCS(=O)(=O)[O-])Sc2ccc3ccccc3c21. The van der Waals surface area contributed by atoms with E-state index in [1.54, 1.807) is 30.0 Å². The molecule has 1 aliphatic rings. The zero-order valence-corrected chi connectivity index (χ0v) is 27.2. The van der Waals surface area contributed by atoms with E-state index in [1.807, 2.05) is 30.3 Å². The molecule has 0 atom stereocenters. The minimum absolute atomic E-state index is 0.146. The van der Waals surface area contributed by atoms with Crippen molar-refractivity contribution in [3.8, 4) is 0 Å². The molecule has 6 rings (SSSR count). The van der Waals surface area contributed by atoms with E-state index in [0.717, 1.165) is 52.4 Å². The van der Waals surface area contributed by atoms with Crippen LogP contribution >= 0.6 is 23.1 Å². The molecule has 0 unspecified atom stereocenters. The summed E-state index contributed by atoms with van der Waals surface area (Å²) in [5.41, 5.74) is 4.45. The summed E-state index contributed by atoms with van der Waals surface area (Å²) < 4.78 is 67.3. The van der Waals surface area contributed by atoms with Gasteiger partial charge in [-0.05, 0) is 35.4 Å². The van der Waals surface area contributed by atoms with Crippen LogP contribution in [0.3, 0.4) is 0 Å². The van der Waals surface area contributed by atoms with Gasteiger partial charge in [-0.25, -0.2) is 8.42 Å². The van der Waals surface area contributed by atoms with Gasteiger partial charge in [0, 0.05) is 35.5 Å². The number of aromatic nitrogens is 1.